The standard InChI is InChI=1S/C21H22ClN3O2S/c1-13-4-2-3-5-17(13)24-18(26)10-25-12-23-20-19(21(25)27)16(11-28-20)14-6-8-15(22)9-7-14/h6-9,11-13,17H,2-5,10H2,1H3,(H,24,26)/t13-,17+/m1/s1. The van der Waals surface area contributed by atoms with Crippen molar-refractivity contribution in [2.45, 2.75) is 45.2 Å². The molecule has 2 aromatic heterocycles. The molecule has 5 nitrogen and oxygen atoms in total. The van der Waals surface area contributed by atoms with Gasteiger partial charge in [0, 0.05) is 22.0 Å². The molecule has 2 heterocycles. The number of rotatable bonds is 4. The van der Waals surface area contributed by atoms with E-state index < -0.39 is 0 Å². The summed E-state index contributed by atoms with van der Waals surface area (Å²) in [7, 11) is 0. The maximum Gasteiger partial charge on any atom is 0.263 e. The summed E-state index contributed by atoms with van der Waals surface area (Å²) >= 11 is 7.40. The molecule has 4 rings (SSSR count). The van der Waals surface area contributed by atoms with Crippen LogP contribution in [0, 0.1) is 5.92 Å². The fraction of sp³-hybridized carbons (Fsp3) is 0.381. The number of hydrogen-bond donors (Lipinski definition) is 1. The van der Waals surface area contributed by atoms with E-state index in [2.05, 4.69) is 17.2 Å². The van der Waals surface area contributed by atoms with E-state index in [1.807, 2.05) is 17.5 Å². The molecule has 0 bridgehead atoms. The molecule has 1 N–H and O–H groups in total. The van der Waals surface area contributed by atoms with Crippen molar-refractivity contribution >= 4 is 39.1 Å². The first kappa shape index (κ1) is 19.2. The molecule has 0 spiro atoms. The van der Waals surface area contributed by atoms with Gasteiger partial charge in [-0.25, -0.2) is 4.98 Å². The minimum absolute atomic E-state index is 0.0130. The second kappa shape index (κ2) is 8.05. The topological polar surface area (TPSA) is 64.0 Å². The molecular weight excluding hydrogens is 394 g/mol. The number of fused-ring (bicyclic) bond motifs is 1. The first-order chi connectivity index (χ1) is 13.5. The first-order valence-corrected chi connectivity index (χ1v) is 10.8. The lowest BCUT2D eigenvalue weighted by Gasteiger charge is -2.29. The monoisotopic (exact) mass is 415 g/mol. The molecule has 1 aliphatic carbocycles. The molecule has 1 aromatic carbocycles. The Morgan fingerprint density at radius 3 is 2.79 bits per heavy atom. The fourth-order valence-electron chi connectivity index (χ4n) is 3.86. The van der Waals surface area contributed by atoms with Crippen LogP contribution in [0.4, 0.5) is 0 Å². The quantitative estimate of drug-likeness (QED) is 0.683. The van der Waals surface area contributed by atoms with Crippen molar-refractivity contribution in [3.63, 3.8) is 0 Å². The van der Waals surface area contributed by atoms with Crippen molar-refractivity contribution in [2.75, 3.05) is 0 Å². The summed E-state index contributed by atoms with van der Waals surface area (Å²) in [4.78, 5) is 30.7. The van der Waals surface area contributed by atoms with Gasteiger partial charge in [0.2, 0.25) is 5.91 Å². The molecule has 146 valence electrons. The molecule has 7 heteroatoms. The number of benzene rings is 1. The van der Waals surface area contributed by atoms with Crippen LogP contribution in [0.1, 0.15) is 32.6 Å². The average molecular weight is 416 g/mol. The highest BCUT2D eigenvalue weighted by Crippen LogP contribution is 2.31. The van der Waals surface area contributed by atoms with Crippen LogP contribution in [-0.4, -0.2) is 21.5 Å². The van der Waals surface area contributed by atoms with Crippen LogP contribution in [0.5, 0.6) is 0 Å². The smallest absolute Gasteiger partial charge is 0.263 e. The lowest BCUT2D eigenvalue weighted by molar-refractivity contribution is -0.123. The summed E-state index contributed by atoms with van der Waals surface area (Å²) in [6, 6.07) is 7.57. The maximum absolute atomic E-state index is 13.1. The zero-order valence-electron chi connectivity index (χ0n) is 15.7. The molecule has 0 radical (unpaired) electrons. The van der Waals surface area contributed by atoms with Gasteiger partial charge in [0.25, 0.3) is 5.56 Å². The minimum Gasteiger partial charge on any atom is -0.352 e. The van der Waals surface area contributed by atoms with Crippen LogP contribution in [0.3, 0.4) is 0 Å². The highest BCUT2D eigenvalue weighted by Gasteiger charge is 2.23. The van der Waals surface area contributed by atoms with Crippen molar-refractivity contribution in [3.05, 3.63) is 51.3 Å². The van der Waals surface area contributed by atoms with Crippen LogP contribution in [0.25, 0.3) is 21.3 Å². The molecule has 3 aromatic rings. The normalized spacial score (nSPS) is 19.6. The van der Waals surface area contributed by atoms with Gasteiger partial charge >= 0.3 is 0 Å². The lowest BCUT2D eigenvalue weighted by atomic mass is 9.86. The van der Waals surface area contributed by atoms with E-state index in [-0.39, 0.29) is 24.1 Å². The third-order valence-electron chi connectivity index (χ3n) is 5.49. The number of halogens is 1. The SMILES string of the molecule is C[C@@H]1CCCC[C@@H]1NC(=O)Cn1cnc2scc(-c3ccc(Cl)cc3)c2c1=O. The van der Waals surface area contributed by atoms with Gasteiger partial charge < -0.3 is 5.32 Å². The number of carbonyl (C=O) groups is 1. The first-order valence-electron chi connectivity index (χ1n) is 9.55. The lowest BCUT2D eigenvalue weighted by Crippen LogP contribution is -2.43. The summed E-state index contributed by atoms with van der Waals surface area (Å²) in [5.74, 6) is 0.341. The van der Waals surface area contributed by atoms with Crippen molar-refractivity contribution in [3.8, 4) is 11.1 Å². The van der Waals surface area contributed by atoms with Crippen molar-refractivity contribution in [1.29, 1.82) is 0 Å². The van der Waals surface area contributed by atoms with Crippen molar-refractivity contribution < 1.29 is 4.79 Å². The summed E-state index contributed by atoms with van der Waals surface area (Å²) < 4.78 is 1.40. The fourth-order valence-corrected chi connectivity index (χ4v) is 4.89. The van der Waals surface area contributed by atoms with Crippen LogP contribution in [0.2, 0.25) is 5.02 Å². The van der Waals surface area contributed by atoms with E-state index in [1.165, 1.54) is 28.7 Å². The van der Waals surface area contributed by atoms with Crippen molar-refractivity contribution in [1.82, 2.24) is 14.9 Å². The Hall–Kier alpha value is -2.18. The molecule has 1 aliphatic rings. The van der Waals surface area contributed by atoms with Gasteiger partial charge in [0.15, 0.2) is 0 Å². The second-order valence-electron chi connectivity index (χ2n) is 7.45. The summed E-state index contributed by atoms with van der Waals surface area (Å²) in [5, 5.41) is 6.22. The molecule has 0 saturated heterocycles. The van der Waals surface area contributed by atoms with Gasteiger partial charge in [0.05, 0.1) is 11.7 Å². The Morgan fingerprint density at radius 1 is 1.29 bits per heavy atom. The summed E-state index contributed by atoms with van der Waals surface area (Å²) in [6.45, 7) is 2.16. The number of nitrogens with one attached hydrogen (secondary N) is 1. The maximum atomic E-state index is 13.1. The van der Waals surface area contributed by atoms with Gasteiger partial charge in [-0.05, 0) is 36.5 Å². The van der Waals surface area contributed by atoms with Gasteiger partial charge in [-0.3, -0.25) is 14.2 Å². The third-order valence-corrected chi connectivity index (χ3v) is 6.63. The van der Waals surface area contributed by atoms with E-state index in [4.69, 9.17) is 11.6 Å². The Bertz CT molecular complexity index is 1060. The largest absolute Gasteiger partial charge is 0.352 e. The van der Waals surface area contributed by atoms with Crippen LogP contribution in [0.15, 0.2) is 40.8 Å². The average Bonchev–Trinajstić information content (AvgIpc) is 3.11. The molecule has 0 aliphatic heterocycles. The number of hydrogen-bond acceptors (Lipinski definition) is 4. The van der Waals surface area contributed by atoms with Gasteiger partial charge in [-0.15, -0.1) is 11.3 Å². The van der Waals surface area contributed by atoms with E-state index in [0.29, 0.717) is 21.2 Å². The van der Waals surface area contributed by atoms with Gasteiger partial charge in [-0.1, -0.05) is 43.5 Å². The number of thiophene rings is 1. The Kier molecular flexibility index (Phi) is 5.51. The minimum atomic E-state index is -0.192. The summed E-state index contributed by atoms with van der Waals surface area (Å²) in [6.07, 6.45) is 5.97. The number of amides is 1. The van der Waals surface area contributed by atoms with Crippen molar-refractivity contribution in [2.24, 2.45) is 5.92 Å². The second-order valence-corrected chi connectivity index (χ2v) is 8.74. The Balaban J connectivity index is 1.60. The zero-order chi connectivity index (χ0) is 19.7. The molecular formula is C21H22ClN3O2S. The van der Waals surface area contributed by atoms with E-state index in [9.17, 15) is 9.59 Å². The molecule has 0 unspecified atom stereocenters. The predicted octanol–water partition coefficient (Wildman–Crippen LogP) is 4.47. The zero-order valence-corrected chi connectivity index (χ0v) is 17.2. The van der Waals surface area contributed by atoms with Gasteiger partial charge in [0.1, 0.15) is 11.4 Å². The van der Waals surface area contributed by atoms with E-state index >= 15 is 0 Å². The molecule has 1 amide bonds. The Labute approximate surface area is 172 Å². The number of aromatic nitrogens is 2. The highest BCUT2D eigenvalue weighted by molar-refractivity contribution is 7.17. The third kappa shape index (κ3) is 3.84. The van der Waals surface area contributed by atoms with Crippen LogP contribution in [-0.2, 0) is 11.3 Å². The number of carbonyl (C=O) groups excluding carboxylic acids is 1. The van der Waals surface area contributed by atoms with E-state index in [0.717, 1.165) is 30.4 Å². The van der Waals surface area contributed by atoms with Crippen LogP contribution >= 0.6 is 22.9 Å². The van der Waals surface area contributed by atoms with Gasteiger partial charge in [-0.2, -0.15) is 0 Å². The number of nitrogens with zero attached hydrogens (tertiary/aromatic N) is 2. The predicted molar refractivity (Wildman–Crippen MR) is 114 cm³/mol. The summed E-state index contributed by atoms with van der Waals surface area (Å²) in [5.41, 5.74) is 1.54. The molecule has 1 saturated carbocycles. The Morgan fingerprint density at radius 2 is 2.04 bits per heavy atom. The molecule has 1 fully saturated rings. The molecule has 2 atom stereocenters. The van der Waals surface area contributed by atoms with E-state index in [1.54, 1.807) is 12.1 Å². The molecule has 28 heavy (non-hydrogen) atoms. The van der Waals surface area contributed by atoms with Crippen LogP contribution < -0.4 is 10.9 Å². The highest BCUT2D eigenvalue weighted by atomic mass is 35.5.